The molecule has 0 saturated heterocycles. The van der Waals surface area contributed by atoms with Crippen molar-refractivity contribution in [3.8, 4) is 0 Å². The molecule has 5 nitrogen and oxygen atoms in total. The maximum Gasteiger partial charge on any atom is 0.225 e. The molecule has 0 aliphatic heterocycles. The lowest BCUT2D eigenvalue weighted by Crippen LogP contribution is -2.30. The van der Waals surface area contributed by atoms with Crippen LogP contribution < -0.4 is 10.6 Å². The molecule has 1 fully saturated rings. The van der Waals surface area contributed by atoms with Crippen LogP contribution in [0.15, 0.2) is 12.4 Å². The zero-order valence-electron chi connectivity index (χ0n) is 8.63. The van der Waals surface area contributed by atoms with Crippen LogP contribution in [-0.2, 0) is 6.54 Å². The molecule has 1 aliphatic carbocycles. The van der Waals surface area contributed by atoms with E-state index in [0.717, 1.165) is 5.56 Å². The first kappa shape index (κ1) is 10.3. The van der Waals surface area contributed by atoms with Crippen LogP contribution in [0.5, 0.6) is 0 Å². The van der Waals surface area contributed by atoms with Crippen LogP contribution >= 0.6 is 0 Å². The highest BCUT2D eigenvalue weighted by Crippen LogP contribution is 2.29. The van der Waals surface area contributed by atoms with E-state index < -0.39 is 0 Å². The van der Waals surface area contributed by atoms with E-state index in [1.165, 1.54) is 12.8 Å². The predicted molar refractivity (Wildman–Crippen MR) is 57.4 cm³/mol. The number of hydrogen-bond donors (Lipinski definition) is 2. The molecule has 1 saturated carbocycles. The Morgan fingerprint density at radius 3 is 2.53 bits per heavy atom. The van der Waals surface area contributed by atoms with Crippen molar-refractivity contribution in [3.63, 3.8) is 0 Å². The number of aliphatic hydroxyl groups is 1. The summed E-state index contributed by atoms with van der Waals surface area (Å²) in [6, 6.07) is 0.515. The second-order valence-corrected chi connectivity index (χ2v) is 3.74. The van der Waals surface area contributed by atoms with Crippen LogP contribution in [0.2, 0.25) is 0 Å². The van der Waals surface area contributed by atoms with Gasteiger partial charge in [0.05, 0.1) is 6.61 Å². The second-order valence-electron chi connectivity index (χ2n) is 3.74. The van der Waals surface area contributed by atoms with Crippen LogP contribution in [0, 0.1) is 0 Å². The van der Waals surface area contributed by atoms with Gasteiger partial charge in [-0.05, 0) is 12.8 Å². The molecule has 0 unspecified atom stereocenters. The van der Waals surface area contributed by atoms with E-state index in [1.807, 2.05) is 0 Å². The number of anilines is 1. The number of aromatic nitrogens is 2. The first-order valence-electron chi connectivity index (χ1n) is 5.23. The summed E-state index contributed by atoms with van der Waals surface area (Å²) in [7, 11) is 0. The van der Waals surface area contributed by atoms with Crippen molar-refractivity contribution in [2.24, 2.45) is 5.73 Å². The third-order valence-electron chi connectivity index (χ3n) is 2.51. The smallest absolute Gasteiger partial charge is 0.225 e. The van der Waals surface area contributed by atoms with Gasteiger partial charge < -0.3 is 15.7 Å². The van der Waals surface area contributed by atoms with Gasteiger partial charge in [-0.25, -0.2) is 9.97 Å². The van der Waals surface area contributed by atoms with E-state index in [-0.39, 0.29) is 6.61 Å². The number of rotatable bonds is 5. The normalized spacial score (nSPS) is 15.3. The highest BCUT2D eigenvalue weighted by atomic mass is 16.3. The Bertz CT molecular complexity index is 310. The van der Waals surface area contributed by atoms with Crippen molar-refractivity contribution in [2.45, 2.75) is 25.4 Å². The second kappa shape index (κ2) is 4.55. The minimum Gasteiger partial charge on any atom is -0.395 e. The minimum atomic E-state index is 0.137. The molecular formula is C10H16N4O. The molecule has 0 amide bonds. The summed E-state index contributed by atoms with van der Waals surface area (Å²) >= 11 is 0. The molecule has 0 atom stereocenters. The number of nitrogens with two attached hydrogens (primary N) is 1. The highest BCUT2D eigenvalue weighted by molar-refractivity contribution is 5.33. The highest BCUT2D eigenvalue weighted by Gasteiger charge is 2.30. The minimum absolute atomic E-state index is 0.137. The zero-order valence-corrected chi connectivity index (χ0v) is 8.63. The SMILES string of the molecule is NCc1cnc(N(CCO)C2CC2)nc1. The molecule has 0 bridgehead atoms. The number of aliphatic hydroxyl groups excluding tert-OH is 1. The summed E-state index contributed by atoms with van der Waals surface area (Å²) in [5, 5.41) is 8.96. The van der Waals surface area contributed by atoms with Gasteiger partial charge in [0, 0.05) is 37.1 Å². The largest absolute Gasteiger partial charge is 0.395 e. The monoisotopic (exact) mass is 208 g/mol. The van der Waals surface area contributed by atoms with E-state index >= 15 is 0 Å². The van der Waals surface area contributed by atoms with Gasteiger partial charge in [0.2, 0.25) is 5.95 Å². The Labute approximate surface area is 88.9 Å². The van der Waals surface area contributed by atoms with Crippen molar-refractivity contribution < 1.29 is 5.11 Å². The van der Waals surface area contributed by atoms with Gasteiger partial charge in [-0.1, -0.05) is 0 Å². The van der Waals surface area contributed by atoms with E-state index in [0.29, 0.717) is 25.1 Å². The van der Waals surface area contributed by atoms with E-state index in [9.17, 15) is 0 Å². The van der Waals surface area contributed by atoms with Crippen molar-refractivity contribution in [1.82, 2.24) is 9.97 Å². The van der Waals surface area contributed by atoms with Gasteiger partial charge in [0.25, 0.3) is 0 Å². The Morgan fingerprint density at radius 2 is 2.07 bits per heavy atom. The van der Waals surface area contributed by atoms with Gasteiger partial charge in [0.15, 0.2) is 0 Å². The average Bonchev–Trinajstić information content (AvgIpc) is 3.10. The van der Waals surface area contributed by atoms with E-state index in [4.69, 9.17) is 10.8 Å². The molecular weight excluding hydrogens is 192 g/mol. The first-order chi connectivity index (χ1) is 7.35. The van der Waals surface area contributed by atoms with Crippen LogP contribution in [0.1, 0.15) is 18.4 Å². The van der Waals surface area contributed by atoms with Gasteiger partial charge in [-0.15, -0.1) is 0 Å². The topological polar surface area (TPSA) is 75.3 Å². The molecule has 1 aliphatic rings. The summed E-state index contributed by atoms with van der Waals surface area (Å²) in [5.41, 5.74) is 6.40. The van der Waals surface area contributed by atoms with Crippen molar-refractivity contribution in [1.29, 1.82) is 0 Å². The Kier molecular flexibility index (Phi) is 3.13. The molecule has 1 aromatic heterocycles. The Morgan fingerprint density at radius 1 is 1.40 bits per heavy atom. The summed E-state index contributed by atoms with van der Waals surface area (Å²) in [6.07, 6.45) is 5.83. The molecule has 2 rings (SSSR count). The van der Waals surface area contributed by atoms with E-state index in [2.05, 4.69) is 14.9 Å². The maximum atomic E-state index is 8.96. The van der Waals surface area contributed by atoms with Crippen LogP contribution in [0.4, 0.5) is 5.95 Å². The fourth-order valence-corrected chi connectivity index (χ4v) is 1.54. The molecule has 0 radical (unpaired) electrons. The summed E-state index contributed by atoms with van der Waals surface area (Å²) in [6.45, 7) is 1.20. The Hall–Kier alpha value is -1.20. The lowest BCUT2D eigenvalue weighted by molar-refractivity contribution is 0.300. The Balaban J connectivity index is 2.10. The van der Waals surface area contributed by atoms with Crippen molar-refractivity contribution in [3.05, 3.63) is 18.0 Å². The quantitative estimate of drug-likeness (QED) is 0.706. The van der Waals surface area contributed by atoms with Crippen LogP contribution in [0.3, 0.4) is 0 Å². The van der Waals surface area contributed by atoms with Gasteiger partial charge >= 0.3 is 0 Å². The third kappa shape index (κ3) is 2.43. The predicted octanol–water partition coefficient (Wildman–Crippen LogP) is -0.104. The lowest BCUT2D eigenvalue weighted by Gasteiger charge is -2.20. The van der Waals surface area contributed by atoms with Gasteiger partial charge in [-0.2, -0.15) is 0 Å². The summed E-state index contributed by atoms with van der Waals surface area (Å²) in [4.78, 5) is 10.6. The molecule has 0 spiro atoms. The molecule has 82 valence electrons. The number of hydrogen-bond acceptors (Lipinski definition) is 5. The molecule has 1 heterocycles. The fraction of sp³-hybridized carbons (Fsp3) is 0.600. The van der Waals surface area contributed by atoms with E-state index in [1.54, 1.807) is 12.4 Å². The van der Waals surface area contributed by atoms with Crippen molar-refractivity contribution in [2.75, 3.05) is 18.1 Å². The molecule has 3 N–H and O–H groups in total. The number of nitrogens with zero attached hydrogens (tertiary/aromatic N) is 3. The summed E-state index contributed by atoms with van der Waals surface area (Å²) in [5.74, 6) is 0.698. The van der Waals surface area contributed by atoms with Crippen molar-refractivity contribution >= 4 is 5.95 Å². The zero-order chi connectivity index (χ0) is 10.7. The maximum absolute atomic E-state index is 8.96. The fourth-order valence-electron chi connectivity index (χ4n) is 1.54. The van der Waals surface area contributed by atoms with Crippen LogP contribution in [0.25, 0.3) is 0 Å². The first-order valence-corrected chi connectivity index (χ1v) is 5.23. The van der Waals surface area contributed by atoms with Gasteiger partial charge in [0.1, 0.15) is 0 Å². The lowest BCUT2D eigenvalue weighted by atomic mass is 10.3. The molecule has 15 heavy (non-hydrogen) atoms. The molecule has 1 aromatic rings. The average molecular weight is 208 g/mol. The molecule has 0 aromatic carbocycles. The van der Waals surface area contributed by atoms with Crippen LogP contribution in [-0.4, -0.2) is 34.3 Å². The molecule has 5 heteroatoms. The third-order valence-corrected chi connectivity index (χ3v) is 2.51. The summed E-state index contributed by atoms with van der Waals surface area (Å²) < 4.78 is 0. The standard InChI is InChI=1S/C10H16N4O/c11-5-8-6-12-10(13-7-8)14(3-4-15)9-1-2-9/h6-7,9,15H,1-5,11H2. The van der Waals surface area contributed by atoms with Gasteiger partial charge in [-0.3, -0.25) is 0 Å².